The number of carbonyl (C=O) groups excluding carboxylic acids is 1. The van der Waals surface area contributed by atoms with E-state index in [2.05, 4.69) is 29.3 Å². The van der Waals surface area contributed by atoms with Crippen LogP contribution in [0.1, 0.15) is 43.9 Å². The summed E-state index contributed by atoms with van der Waals surface area (Å²) < 4.78 is 0. The Hall–Kier alpha value is -0.580. The normalized spacial score (nSPS) is 29.7. The molecule has 3 rings (SSSR count). The van der Waals surface area contributed by atoms with Gasteiger partial charge in [0.1, 0.15) is 0 Å². The first kappa shape index (κ1) is 18.8. The Labute approximate surface area is 150 Å². The summed E-state index contributed by atoms with van der Waals surface area (Å²) in [4.78, 5) is 16.4. The van der Waals surface area contributed by atoms with Crippen LogP contribution in [-0.2, 0) is 11.2 Å². The van der Waals surface area contributed by atoms with Crippen molar-refractivity contribution in [3.63, 3.8) is 0 Å². The van der Waals surface area contributed by atoms with Crippen LogP contribution in [-0.4, -0.2) is 29.9 Å². The first-order valence-electron chi connectivity index (χ1n) is 8.75. The summed E-state index contributed by atoms with van der Waals surface area (Å²) in [5.41, 5.74) is 6.35. The highest BCUT2D eigenvalue weighted by atomic mass is 35.5. The van der Waals surface area contributed by atoms with Crippen molar-refractivity contribution in [1.29, 1.82) is 0 Å². The van der Waals surface area contributed by atoms with Crippen molar-refractivity contribution in [1.82, 2.24) is 4.90 Å². The van der Waals surface area contributed by atoms with Gasteiger partial charge < -0.3 is 10.6 Å². The van der Waals surface area contributed by atoms with Crippen LogP contribution in [0.5, 0.6) is 0 Å². The lowest BCUT2D eigenvalue weighted by Gasteiger charge is -2.44. The highest BCUT2D eigenvalue weighted by Gasteiger charge is 2.41. The maximum Gasteiger partial charge on any atom is 0.225 e. The third kappa shape index (κ3) is 4.28. The molecule has 2 bridgehead atoms. The van der Waals surface area contributed by atoms with Crippen molar-refractivity contribution in [3.05, 3.63) is 22.4 Å². The molecule has 1 heterocycles. The molecule has 2 fully saturated rings. The highest BCUT2D eigenvalue weighted by molar-refractivity contribution is 7.09. The van der Waals surface area contributed by atoms with Gasteiger partial charge >= 0.3 is 0 Å². The van der Waals surface area contributed by atoms with Crippen molar-refractivity contribution in [3.8, 4) is 0 Å². The second kappa shape index (κ2) is 8.50. The summed E-state index contributed by atoms with van der Waals surface area (Å²) in [6.45, 7) is 3.78. The molecular weight excluding hydrogens is 328 g/mol. The molecule has 0 aromatic carbocycles. The van der Waals surface area contributed by atoms with Crippen LogP contribution in [0.2, 0.25) is 0 Å². The van der Waals surface area contributed by atoms with Gasteiger partial charge in [-0.3, -0.25) is 4.79 Å². The number of hydrogen-bond acceptors (Lipinski definition) is 3. The molecule has 2 N–H and O–H groups in total. The number of carbonyl (C=O) groups is 1. The smallest absolute Gasteiger partial charge is 0.225 e. The van der Waals surface area contributed by atoms with Crippen LogP contribution in [0, 0.1) is 17.8 Å². The molecular formula is C18H29ClN2OS. The molecule has 3 nitrogen and oxygen atoms in total. The van der Waals surface area contributed by atoms with Gasteiger partial charge in [-0.1, -0.05) is 12.5 Å². The summed E-state index contributed by atoms with van der Waals surface area (Å²) in [5.74, 6) is 1.76. The molecule has 1 aromatic heterocycles. The molecule has 2 unspecified atom stereocenters. The topological polar surface area (TPSA) is 46.3 Å². The Morgan fingerprint density at radius 2 is 2.04 bits per heavy atom. The summed E-state index contributed by atoms with van der Waals surface area (Å²) in [6, 6.07) is 4.59. The average molecular weight is 357 g/mol. The standard InChI is InChI=1S/C18H28N2OS.ClH/c1-2-20(9-8-16-7-4-10-22-16)18(21)15-11-13-5-3-6-14(12-15)17(13)19;/h4,7,10,13-15,17H,2-3,5-6,8-9,11-12,19H2,1H3;1H. The zero-order chi connectivity index (χ0) is 15.5. The molecule has 2 atom stereocenters. The summed E-state index contributed by atoms with van der Waals surface area (Å²) >= 11 is 1.78. The SMILES string of the molecule is CCN(CCc1cccs1)C(=O)C1CC2CCCC(C1)C2N.Cl. The van der Waals surface area contributed by atoms with E-state index in [0.717, 1.165) is 32.4 Å². The van der Waals surface area contributed by atoms with Gasteiger partial charge in [-0.05, 0) is 62.3 Å². The van der Waals surface area contributed by atoms with Gasteiger partial charge in [0.2, 0.25) is 5.91 Å². The number of hydrogen-bond donors (Lipinski definition) is 1. The zero-order valence-electron chi connectivity index (χ0n) is 13.9. The molecule has 5 heteroatoms. The first-order valence-corrected chi connectivity index (χ1v) is 9.63. The molecule has 0 spiro atoms. The number of nitrogens with two attached hydrogens (primary N) is 1. The van der Waals surface area contributed by atoms with Crippen LogP contribution in [0.4, 0.5) is 0 Å². The number of nitrogens with zero attached hydrogens (tertiary/aromatic N) is 1. The molecule has 1 amide bonds. The Balaban J connectivity index is 0.00000192. The van der Waals surface area contributed by atoms with Gasteiger partial charge in [-0.2, -0.15) is 0 Å². The Bertz CT molecular complexity index is 479. The number of halogens is 1. The molecule has 1 aromatic rings. The van der Waals surface area contributed by atoms with E-state index in [1.54, 1.807) is 11.3 Å². The number of thiophene rings is 1. The van der Waals surface area contributed by atoms with Gasteiger partial charge in [0.05, 0.1) is 0 Å². The fraction of sp³-hybridized carbons (Fsp3) is 0.722. The van der Waals surface area contributed by atoms with Gasteiger partial charge in [-0.25, -0.2) is 0 Å². The summed E-state index contributed by atoms with van der Waals surface area (Å²) in [6.07, 6.45) is 6.78. The number of fused-ring (bicyclic) bond motifs is 2. The van der Waals surface area contributed by atoms with E-state index in [-0.39, 0.29) is 18.3 Å². The molecule has 2 aliphatic carbocycles. The van der Waals surface area contributed by atoms with Gasteiger partial charge in [0.25, 0.3) is 0 Å². The van der Waals surface area contributed by atoms with Crippen molar-refractivity contribution in [2.24, 2.45) is 23.5 Å². The monoisotopic (exact) mass is 356 g/mol. The zero-order valence-corrected chi connectivity index (χ0v) is 15.6. The maximum atomic E-state index is 12.9. The minimum Gasteiger partial charge on any atom is -0.342 e. The first-order chi connectivity index (χ1) is 10.7. The minimum absolute atomic E-state index is 0. The van der Waals surface area contributed by atoms with E-state index in [9.17, 15) is 4.79 Å². The van der Waals surface area contributed by atoms with Crippen LogP contribution in [0.3, 0.4) is 0 Å². The second-order valence-electron chi connectivity index (χ2n) is 6.94. The molecule has 2 saturated carbocycles. The summed E-state index contributed by atoms with van der Waals surface area (Å²) in [5, 5.41) is 2.11. The van der Waals surface area contributed by atoms with E-state index in [4.69, 9.17) is 5.73 Å². The largest absolute Gasteiger partial charge is 0.342 e. The quantitative estimate of drug-likeness (QED) is 0.874. The van der Waals surface area contributed by atoms with Gasteiger partial charge in [-0.15, -0.1) is 23.7 Å². The molecule has 0 saturated heterocycles. The third-order valence-electron chi connectivity index (χ3n) is 5.66. The highest BCUT2D eigenvalue weighted by Crippen LogP contribution is 2.42. The average Bonchev–Trinajstić information content (AvgIpc) is 3.00. The van der Waals surface area contributed by atoms with Crippen LogP contribution in [0.25, 0.3) is 0 Å². The van der Waals surface area contributed by atoms with E-state index in [1.807, 2.05) is 0 Å². The molecule has 0 radical (unpaired) electrons. The summed E-state index contributed by atoms with van der Waals surface area (Å²) in [7, 11) is 0. The fourth-order valence-electron chi connectivity index (χ4n) is 4.37. The second-order valence-corrected chi connectivity index (χ2v) is 7.98. The van der Waals surface area contributed by atoms with E-state index >= 15 is 0 Å². The van der Waals surface area contributed by atoms with Crippen LogP contribution < -0.4 is 5.73 Å². The minimum atomic E-state index is 0. The lowest BCUT2D eigenvalue weighted by Crippen LogP contribution is -2.50. The van der Waals surface area contributed by atoms with Crippen molar-refractivity contribution in [2.45, 2.75) is 51.5 Å². The Morgan fingerprint density at radius 1 is 1.35 bits per heavy atom. The molecule has 130 valence electrons. The lowest BCUT2D eigenvalue weighted by atomic mass is 9.65. The van der Waals surface area contributed by atoms with Gasteiger partial charge in [0.15, 0.2) is 0 Å². The Kier molecular flexibility index (Phi) is 6.93. The predicted octanol–water partition coefficient (Wildman–Crippen LogP) is 3.71. The molecule has 23 heavy (non-hydrogen) atoms. The number of amides is 1. The Morgan fingerprint density at radius 3 is 2.61 bits per heavy atom. The van der Waals surface area contributed by atoms with E-state index in [1.165, 1.54) is 24.1 Å². The molecule has 2 aliphatic rings. The predicted molar refractivity (Wildman–Crippen MR) is 99.1 cm³/mol. The van der Waals surface area contributed by atoms with Crippen LogP contribution in [0.15, 0.2) is 17.5 Å². The fourth-order valence-corrected chi connectivity index (χ4v) is 5.07. The lowest BCUT2D eigenvalue weighted by molar-refractivity contribution is -0.138. The van der Waals surface area contributed by atoms with Crippen molar-refractivity contribution in [2.75, 3.05) is 13.1 Å². The van der Waals surface area contributed by atoms with E-state index < -0.39 is 0 Å². The maximum absolute atomic E-state index is 12.9. The van der Waals surface area contributed by atoms with Crippen LogP contribution >= 0.6 is 23.7 Å². The van der Waals surface area contributed by atoms with E-state index in [0.29, 0.717) is 23.8 Å². The van der Waals surface area contributed by atoms with Crippen molar-refractivity contribution >= 4 is 29.7 Å². The number of rotatable bonds is 5. The molecule has 0 aliphatic heterocycles. The van der Waals surface area contributed by atoms with Gasteiger partial charge in [0, 0.05) is 29.9 Å². The third-order valence-corrected chi connectivity index (χ3v) is 6.60. The number of likely N-dealkylation sites (N-methyl/N-ethyl adjacent to an activating group) is 1. The van der Waals surface area contributed by atoms with Crippen molar-refractivity contribution < 1.29 is 4.79 Å².